The maximum Gasteiger partial charge on any atom is 0.131 e. The maximum atomic E-state index is 5.43. The lowest BCUT2D eigenvalue weighted by atomic mass is 9.83. The third-order valence-corrected chi connectivity index (χ3v) is 9.76. The summed E-state index contributed by atoms with van der Waals surface area (Å²) in [7, 11) is 0. The Morgan fingerprint density at radius 1 is 0.360 bits per heavy atom. The third kappa shape index (κ3) is 18.2. The predicted molar refractivity (Wildman–Crippen MR) is 286 cm³/mol. The van der Waals surface area contributed by atoms with E-state index in [9.17, 15) is 0 Å². The highest BCUT2D eigenvalue weighted by Crippen LogP contribution is 2.40. The molecule has 0 fully saturated rings. The van der Waals surface area contributed by atoms with Crippen LogP contribution < -0.4 is 42.5 Å². The van der Waals surface area contributed by atoms with Crippen molar-refractivity contribution in [1.29, 1.82) is 0 Å². The van der Waals surface area contributed by atoms with E-state index in [2.05, 4.69) is 144 Å². The van der Waals surface area contributed by atoms with E-state index < -0.39 is 45.7 Å². The Bertz CT molecular complexity index is 1410. The van der Waals surface area contributed by atoms with Crippen LogP contribution in [0.3, 0.4) is 0 Å². The molecule has 0 heterocycles. The lowest BCUT2D eigenvalue weighted by Gasteiger charge is -2.38. The SMILES string of the molecule is S=C(S)NC(S)C(NC(=S)S)c1cc(C(NC(=S)S)C(S)NC(=S)S)c(C(NC(=S)S)C(S)NC(=S)S)c(C(NC(=S)S)C(S)NC(=S)S)c1. The average molecular weight is 1050 g/mol. The molecular formula is C22H30N8S20. The maximum absolute atomic E-state index is 5.43. The molecule has 0 bridgehead atoms. The highest BCUT2D eigenvalue weighted by molar-refractivity contribution is 8.13. The summed E-state index contributed by atoms with van der Waals surface area (Å²) in [5.74, 6) is 0. The second-order valence-electron chi connectivity index (χ2n) is 9.40. The van der Waals surface area contributed by atoms with E-state index in [1.165, 1.54) is 0 Å². The average Bonchev–Trinajstić information content (AvgIpc) is 2.93. The fourth-order valence-corrected chi connectivity index (χ4v) is 8.80. The van der Waals surface area contributed by atoms with Gasteiger partial charge >= 0.3 is 0 Å². The Balaban J connectivity index is 4.75. The first kappa shape index (κ1) is 50.6. The van der Waals surface area contributed by atoms with Gasteiger partial charge in [-0.1, -0.05) is 110 Å². The first-order chi connectivity index (χ1) is 23.0. The number of hydrogen-bond donors (Lipinski definition) is 20. The summed E-state index contributed by atoms with van der Waals surface area (Å²) in [6.45, 7) is 0. The molecule has 0 saturated carbocycles. The Morgan fingerprint density at radius 2 is 0.580 bits per heavy atom. The zero-order valence-electron chi connectivity index (χ0n) is 24.4. The van der Waals surface area contributed by atoms with E-state index in [0.29, 0.717) is 22.3 Å². The van der Waals surface area contributed by atoms with Crippen LogP contribution in [0.25, 0.3) is 0 Å². The molecule has 0 aliphatic carbocycles. The summed E-state index contributed by atoms with van der Waals surface area (Å²) in [6.07, 6.45) is 0. The second-order valence-corrected chi connectivity index (χ2v) is 20.9. The molecule has 1 aromatic carbocycles. The Hall–Kier alpha value is 2.54. The predicted octanol–water partition coefficient (Wildman–Crippen LogP) is 5.31. The van der Waals surface area contributed by atoms with Crippen LogP contribution in [0.4, 0.5) is 0 Å². The molecule has 0 aliphatic rings. The normalized spacial score (nSPS) is 15.6. The molecule has 8 N–H and O–H groups in total. The van der Waals surface area contributed by atoms with Gasteiger partial charge in [0.25, 0.3) is 0 Å². The summed E-state index contributed by atoms with van der Waals surface area (Å²) in [5, 5.41) is 21.9. The zero-order chi connectivity index (χ0) is 38.6. The van der Waals surface area contributed by atoms with Crippen LogP contribution >= 0.6 is 249 Å². The van der Waals surface area contributed by atoms with Crippen LogP contribution in [-0.2, 0) is 0 Å². The highest BCUT2D eigenvalue weighted by atomic mass is 32.2. The van der Waals surface area contributed by atoms with Gasteiger partial charge in [-0.2, -0.15) is 50.5 Å². The van der Waals surface area contributed by atoms with E-state index >= 15 is 0 Å². The number of thiocarbonyl (C=S) groups is 8. The molecule has 1 rings (SSSR count). The molecular weight excluding hydrogens is 1020 g/mol. The van der Waals surface area contributed by atoms with E-state index in [-0.39, 0.29) is 34.6 Å². The molecule has 0 saturated heterocycles. The van der Waals surface area contributed by atoms with Crippen molar-refractivity contribution in [3.8, 4) is 0 Å². The van der Waals surface area contributed by atoms with Gasteiger partial charge in [0.15, 0.2) is 0 Å². The number of nitrogens with one attached hydrogen (secondary N) is 8. The minimum absolute atomic E-state index is 0.126. The van der Waals surface area contributed by atoms with Crippen molar-refractivity contribution in [3.05, 3.63) is 34.4 Å². The first-order valence-electron chi connectivity index (χ1n) is 12.9. The summed E-state index contributed by atoms with van der Waals surface area (Å²) in [4.78, 5) is 0. The Labute approximate surface area is 400 Å². The van der Waals surface area contributed by atoms with Crippen LogP contribution in [0.5, 0.6) is 0 Å². The van der Waals surface area contributed by atoms with Gasteiger partial charge in [-0.05, 0) is 22.3 Å². The highest BCUT2D eigenvalue weighted by Gasteiger charge is 2.37. The summed E-state index contributed by atoms with van der Waals surface area (Å²) < 4.78 is 1.20. The molecule has 0 aromatic heterocycles. The molecule has 278 valence electrons. The summed E-state index contributed by atoms with van der Waals surface area (Å²) >= 11 is 96.7. The minimum Gasteiger partial charge on any atom is -0.361 e. The van der Waals surface area contributed by atoms with Gasteiger partial charge in [-0.3, -0.25) is 0 Å². The topological polar surface area (TPSA) is 96.2 Å². The largest absolute Gasteiger partial charge is 0.361 e. The number of benzene rings is 1. The van der Waals surface area contributed by atoms with Crippen LogP contribution in [0.15, 0.2) is 12.1 Å². The van der Waals surface area contributed by atoms with Crippen molar-refractivity contribution in [2.75, 3.05) is 0 Å². The number of rotatable bonds is 16. The van der Waals surface area contributed by atoms with Gasteiger partial charge in [-0.25, -0.2) is 0 Å². The minimum atomic E-state index is -0.817. The van der Waals surface area contributed by atoms with Crippen LogP contribution in [0, 0.1) is 0 Å². The first-order valence-corrected chi connectivity index (χ1v) is 21.8. The van der Waals surface area contributed by atoms with Crippen molar-refractivity contribution in [1.82, 2.24) is 42.5 Å². The fraction of sp³-hybridized carbons (Fsp3) is 0.364. The second kappa shape index (κ2) is 25.0. The summed E-state index contributed by atoms with van der Waals surface area (Å²) in [6, 6.07) is 0.606. The van der Waals surface area contributed by atoms with Gasteiger partial charge in [0.2, 0.25) is 0 Å². The standard InChI is InChI=1S/C22H30N8S20/c31-11(27-19(43)44)7(23-15(35)36)3-1-4(8(24-16(37)38)12(32)28-20(45)46)6(10(26-18(41)42)14(34)30-22(49)50)5(2-3)9(25-17(39)40)13(33)29-21(47)48/h1-2,7-14,31-34H,(H2,23,35,36)(H2,24,37,38)(H2,25,39,40)(H2,26,41,42)(H2,27,43,44)(H2,28,45,46)(H2,29,47,48)(H2,30,49,50). The van der Waals surface area contributed by atoms with E-state index in [1.807, 2.05) is 12.1 Å². The van der Waals surface area contributed by atoms with E-state index in [0.717, 1.165) is 0 Å². The molecule has 28 heteroatoms. The molecule has 0 amide bonds. The molecule has 0 spiro atoms. The van der Waals surface area contributed by atoms with E-state index in [1.54, 1.807) is 0 Å². The van der Waals surface area contributed by atoms with Gasteiger partial charge in [0, 0.05) is 0 Å². The van der Waals surface area contributed by atoms with Gasteiger partial charge in [0.05, 0.1) is 45.7 Å². The zero-order valence-corrected chi connectivity index (χ0v) is 41.7. The molecule has 8 unspecified atom stereocenters. The molecule has 8 nitrogen and oxygen atoms in total. The molecule has 0 radical (unpaired) electrons. The molecule has 1 aromatic rings. The Kier molecular flexibility index (Phi) is 25.3. The van der Waals surface area contributed by atoms with Crippen LogP contribution in [-0.4, -0.2) is 56.1 Å². The van der Waals surface area contributed by atoms with Crippen molar-refractivity contribution < 1.29 is 0 Å². The van der Waals surface area contributed by atoms with Crippen molar-refractivity contribution >= 4 is 284 Å². The van der Waals surface area contributed by atoms with E-state index in [4.69, 9.17) is 148 Å². The van der Waals surface area contributed by atoms with Gasteiger partial charge in [0.1, 0.15) is 34.6 Å². The quantitative estimate of drug-likeness (QED) is 0.0599. The van der Waals surface area contributed by atoms with Crippen molar-refractivity contribution in [2.24, 2.45) is 0 Å². The molecule has 8 atom stereocenters. The van der Waals surface area contributed by atoms with Crippen LogP contribution in [0.1, 0.15) is 46.4 Å². The van der Waals surface area contributed by atoms with Gasteiger partial charge in [-0.15, -0.1) is 101 Å². The monoisotopic (exact) mass is 1050 g/mol. The van der Waals surface area contributed by atoms with Crippen molar-refractivity contribution in [3.63, 3.8) is 0 Å². The van der Waals surface area contributed by atoms with Crippen LogP contribution in [0.2, 0.25) is 0 Å². The van der Waals surface area contributed by atoms with Gasteiger partial charge < -0.3 is 42.5 Å². The van der Waals surface area contributed by atoms with Crippen molar-refractivity contribution in [2.45, 2.75) is 45.7 Å². The third-order valence-electron chi connectivity index (χ3n) is 6.07. The molecule has 0 aliphatic heterocycles. The number of thiol groups is 12. The molecule has 50 heavy (non-hydrogen) atoms. The lowest BCUT2D eigenvalue weighted by molar-refractivity contribution is 0.526. The summed E-state index contributed by atoms with van der Waals surface area (Å²) in [5.41, 5.74) is 2.26. The Morgan fingerprint density at radius 3 is 0.860 bits per heavy atom. The number of hydrogen-bond acceptors (Lipinski definition) is 12. The lowest BCUT2D eigenvalue weighted by Crippen LogP contribution is -2.47. The fourth-order valence-electron chi connectivity index (χ4n) is 4.45. The smallest absolute Gasteiger partial charge is 0.131 e.